The predicted molar refractivity (Wildman–Crippen MR) is 102 cm³/mol. The van der Waals surface area contributed by atoms with E-state index in [4.69, 9.17) is 5.26 Å². The molecule has 0 bridgehead atoms. The van der Waals surface area contributed by atoms with Crippen molar-refractivity contribution in [1.29, 1.82) is 5.26 Å². The molecule has 5 nitrogen and oxygen atoms in total. The minimum absolute atomic E-state index is 0.0507. The van der Waals surface area contributed by atoms with E-state index in [9.17, 15) is 4.79 Å². The fourth-order valence-corrected chi connectivity index (χ4v) is 2.60. The minimum atomic E-state index is -0.0507. The number of benzene rings is 2. The van der Waals surface area contributed by atoms with Gasteiger partial charge in [0.15, 0.2) is 0 Å². The van der Waals surface area contributed by atoms with Crippen LogP contribution in [0.4, 0.5) is 11.4 Å². The number of carbonyl (C=O) groups excluding carboxylic acids is 1. The molecule has 0 unspecified atom stereocenters. The third-order valence-corrected chi connectivity index (χ3v) is 4.01. The number of rotatable bonds is 8. The molecule has 2 aromatic carbocycles. The van der Waals surface area contributed by atoms with E-state index in [1.54, 1.807) is 24.3 Å². The lowest BCUT2D eigenvalue weighted by molar-refractivity contribution is -0.119. The van der Waals surface area contributed by atoms with Crippen molar-refractivity contribution < 1.29 is 4.79 Å². The zero-order valence-electron chi connectivity index (χ0n) is 14.7. The van der Waals surface area contributed by atoms with Crippen LogP contribution < -0.4 is 15.5 Å². The maximum absolute atomic E-state index is 12.0. The standard InChI is InChI=1S/C20H24N4O/c1-3-24(19-7-5-4-6-16(19)2)13-12-22-20(25)15-23-18-10-8-17(14-21)9-11-18/h4-11,23H,3,12-13,15H2,1-2H3,(H,22,25). The summed E-state index contributed by atoms with van der Waals surface area (Å²) in [6.07, 6.45) is 0. The van der Waals surface area contributed by atoms with Gasteiger partial charge in [-0.3, -0.25) is 4.79 Å². The summed E-state index contributed by atoms with van der Waals surface area (Å²) in [4.78, 5) is 14.2. The largest absolute Gasteiger partial charge is 0.376 e. The molecule has 0 aliphatic rings. The van der Waals surface area contributed by atoms with Crippen molar-refractivity contribution in [2.24, 2.45) is 0 Å². The lowest BCUT2D eigenvalue weighted by atomic mass is 10.2. The monoisotopic (exact) mass is 336 g/mol. The number of nitrogens with zero attached hydrogens (tertiary/aromatic N) is 2. The van der Waals surface area contributed by atoms with Crippen molar-refractivity contribution in [2.75, 3.05) is 36.4 Å². The molecule has 0 heterocycles. The molecule has 0 atom stereocenters. The third-order valence-electron chi connectivity index (χ3n) is 4.01. The Morgan fingerprint density at radius 2 is 1.88 bits per heavy atom. The summed E-state index contributed by atoms with van der Waals surface area (Å²) in [5, 5.41) is 14.8. The van der Waals surface area contributed by atoms with Gasteiger partial charge in [0.05, 0.1) is 18.2 Å². The predicted octanol–water partition coefficient (Wildman–Crippen LogP) is 2.92. The maximum atomic E-state index is 12.0. The molecule has 0 saturated carbocycles. The number of anilines is 2. The summed E-state index contributed by atoms with van der Waals surface area (Å²) in [5.41, 5.74) is 3.86. The maximum Gasteiger partial charge on any atom is 0.239 e. The molecule has 5 heteroatoms. The summed E-state index contributed by atoms with van der Waals surface area (Å²) in [6.45, 7) is 6.67. The van der Waals surface area contributed by atoms with Gasteiger partial charge in [-0.1, -0.05) is 18.2 Å². The highest BCUT2D eigenvalue weighted by molar-refractivity contribution is 5.80. The van der Waals surface area contributed by atoms with Gasteiger partial charge in [0.2, 0.25) is 5.91 Å². The molecule has 130 valence electrons. The number of nitriles is 1. The van der Waals surface area contributed by atoms with Crippen molar-refractivity contribution in [1.82, 2.24) is 5.32 Å². The van der Waals surface area contributed by atoms with Crippen LogP contribution in [-0.4, -0.2) is 32.1 Å². The fourth-order valence-electron chi connectivity index (χ4n) is 2.60. The van der Waals surface area contributed by atoms with E-state index in [1.165, 1.54) is 11.3 Å². The molecule has 2 aromatic rings. The Kier molecular flexibility index (Phi) is 6.85. The van der Waals surface area contributed by atoms with Crippen LogP contribution in [0.1, 0.15) is 18.1 Å². The van der Waals surface area contributed by atoms with Crippen molar-refractivity contribution in [3.63, 3.8) is 0 Å². The van der Waals surface area contributed by atoms with Gasteiger partial charge in [-0.05, 0) is 49.7 Å². The van der Waals surface area contributed by atoms with Gasteiger partial charge >= 0.3 is 0 Å². The van der Waals surface area contributed by atoms with E-state index in [2.05, 4.69) is 47.6 Å². The van der Waals surface area contributed by atoms with Gasteiger partial charge in [0.25, 0.3) is 0 Å². The highest BCUT2D eigenvalue weighted by atomic mass is 16.1. The number of aryl methyl sites for hydroxylation is 1. The van der Waals surface area contributed by atoms with Crippen LogP contribution in [0, 0.1) is 18.3 Å². The molecular weight excluding hydrogens is 312 g/mol. The van der Waals surface area contributed by atoms with Gasteiger partial charge in [-0.15, -0.1) is 0 Å². The SMILES string of the molecule is CCN(CCNC(=O)CNc1ccc(C#N)cc1)c1ccccc1C. The second kappa shape index (κ2) is 9.33. The summed E-state index contributed by atoms with van der Waals surface area (Å²) < 4.78 is 0. The number of likely N-dealkylation sites (N-methyl/N-ethyl adjacent to an activating group) is 1. The lowest BCUT2D eigenvalue weighted by Gasteiger charge is -2.25. The van der Waals surface area contributed by atoms with Crippen LogP contribution in [0.15, 0.2) is 48.5 Å². The van der Waals surface area contributed by atoms with E-state index in [0.29, 0.717) is 12.1 Å². The number of carbonyl (C=O) groups is 1. The molecule has 0 saturated heterocycles. The number of amides is 1. The lowest BCUT2D eigenvalue weighted by Crippen LogP contribution is -2.37. The van der Waals surface area contributed by atoms with Crippen LogP contribution in [0.3, 0.4) is 0 Å². The smallest absolute Gasteiger partial charge is 0.239 e. The first kappa shape index (κ1) is 18.3. The Balaban J connectivity index is 1.75. The second-order valence-electron chi connectivity index (χ2n) is 5.76. The Morgan fingerprint density at radius 1 is 1.16 bits per heavy atom. The molecule has 0 aliphatic carbocycles. The Morgan fingerprint density at radius 3 is 2.52 bits per heavy atom. The van der Waals surface area contributed by atoms with Crippen molar-refractivity contribution in [3.8, 4) is 6.07 Å². The average Bonchev–Trinajstić information content (AvgIpc) is 2.65. The minimum Gasteiger partial charge on any atom is -0.376 e. The summed E-state index contributed by atoms with van der Waals surface area (Å²) in [6, 6.07) is 17.4. The Bertz CT molecular complexity index is 734. The number of para-hydroxylation sites is 1. The summed E-state index contributed by atoms with van der Waals surface area (Å²) in [7, 11) is 0. The van der Waals surface area contributed by atoms with Gasteiger partial charge in [-0.25, -0.2) is 0 Å². The van der Waals surface area contributed by atoms with Crippen molar-refractivity contribution in [3.05, 3.63) is 59.7 Å². The van der Waals surface area contributed by atoms with Gasteiger partial charge < -0.3 is 15.5 Å². The molecule has 0 spiro atoms. The fraction of sp³-hybridized carbons (Fsp3) is 0.300. The van der Waals surface area contributed by atoms with Crippen LogP contribution in [0.2, 0.25) is 0 Å². The molecule has 1 amide bonds. The molecule has 0 aliphatic heterocycles. The zero-order chi connectivity index (χ0) is 18.1. The molecule has 25 heavy (non-hydrogen) atoms. The van der Waals surface area contributed by atoms with Crippen LogP contribution >= 0.6 is 0 Å². The number of hydrogen-bond donors (Lipinski definition) is 2. The van der Waals surface area contributed by atoms with Gasteiger partial charge in [-0.2, -0.15) is 5.26 Å². The molecular formula is C20H24N4O. The Labute approximate surface area is 149 Å². The highest BCUT2D eigenvalue weighted by Gasteiger charge is 2.07. The normalized spacial score (nSPS) is 9.96. The van der Waals surface area contributed by atoms with E-state index < -0.39 is 0 Å². The average molecular weight is 336 g/mol. The highest BCUT2D eigenvalue weighted by Crippen LogP contribution is 2.18. The van der Waals surface area contributed by atoms with E-state index in [0.717, 1.165) is 18.8 Å². The van der Waals surface area contributed by atoms with E-state index in [1.807, 2.05) is 12.1 Å². The third kappa shape index (κ3) is 5.54. The zero-order valence-corrected chi connectivity index (χ0v) is 14.7. The van der Waals surface area contributed by atoms with E-state index in [-0.39, 0.29) is 12.5 Å². The van der Waals surface area contributed by atoms with Gasteiger partial charge in [0.1, 0.15) is 0 Å². The first-order chi connectivity index (χ1) is 12.1. The molecule has 2 rings (SSSR count). The van der Waals surface area contributed by atoms with Gasteiger partial charge in [0, 0.05) is 31.0 Å². The second-order valence-corrected chi connectivity index (χ2v) is 5.76. The van der Waals surface area contributed by atoms with Crippen LogP contribution in [-0.2, 0) is 4.79 Å². The first-order valence-electron chi connectivity index (χ1n) is 8.45. The molecule has 0 radical (unpaired) electrons. The van der Waals surface area contributed by atoms with Crippen molar-refractivity contribution in [2.45, 2.75) is 13.8 Å². The van der Waals surface area contributed by atoms with Crippen LogP contribution in [0.5, 0.6) is 0 Å². The van der Waals surface area contributed by atoms with Crippen molar-refractivity contribution >= 4 is 17.3 Å². The molecule has 0 fully saturated rings. The molecule has 2 N–H and O–H groups in total. The van der Waals surface area contributed by atoms with Crippen LogP contribution in [0.25, 0.3) is 0 Å². The topological polar surface area (TPSA) is 68.2 Å². The summed E-state index contributed by atoms with van der Waals surface area (Å²) >= 11 is 0. The number of nitrogens with one attached hydrogen (secondary N) is 2. The Hall–Kier alpha value is -3.00. The quantitative estimate of drug-likeness (QED) is 0.778. The number of hydrogen-bond acceptors (Lipinski definition) is 4. The summed E-state index contributed by atoms with van der Waals surface area (Å²) in [5.74, 6) is -0.0507. The first-order valence-corrected chi connectivity index (χ1v) is 8.45. The molecule has 0 aromatic heterocycles. The van der Waals surface area contributed by atoms with E-state index >= 15 is 0 Å².